The number of hydrogen-bond acceptors (Lipinski definition) is 7. The quantitative estimate of drug-likeness (QED) is 0.476. The topological polar surface area (TPSA) is 76.3 Å². The number of rotatable bonds is 7. The van der Waals surface area contributed by atoms with Crippen molar-refractivity contribution in [3.63, 3.8) is 0 Å². The molecule has 1 amide bonds. The predicted octanol–water partition coefficient (Wildman–Crippen LogP) is 3.52. The number of hydrazone groups is 1. The highest BCUT2D eigenvalue weighted by atomic mass is 32.1. The molecule has 1 aromatic carbocycles. The van der Waals surface area contributed by atoms with E-state index in [9.17, 15) is 4.79 Å². The van der Waals surface area contributed by atoms with E-state index in [1.165, 1.54) is 5.00 Å². The lowest BCUT2D eigenvalue weighted by atomic mass is 10.3. The Morgan fingerprint density at radius 1 is 1.14 bits per heavy atom. The van der Waals surface area contributed by atoms with Gasteiger partial charge in [-0.05, 0) is 36.4 Å². The Bertz CT molecular complexity index is 961. The Morgan fingerprint density at radius 2 is 1.97 bits per heavy atom. The lowest BCUT2D eigenvalue weighted by molar-refractivity contribution is 0.0923. The van der Waals surface area contributed by atoms with E-state index >= 15 is 0 Å². The molecule has 7 nitrogen and oxygen atoms in total. The van der Waals surface area contributed by atoms with E-state index in [0.717, 1.165) is 36.9 Å². The zero-order valence-corrected chi connectivity index (χ0v) is 16.6. The smallest absolute Gasteiger partial charge is 0.307 e. The van der Waals surface area contributed by atoms with Crippen LogP contribution in [0, 0.1) is 0 Å². The van der Waals surface area contributed by atoms with E-state index in [2.05, 4.69) is 21.5 Å². The van der Waals surface area contributed by atoms with Crippen LogP contribution in [0.5, 0.6) is 5.75 Å². The predicted molar refractivity (Wildman–Crippen MR) is 112 cm³/mol. The molecule has 8 heteroatoms. The molecule has 3 heterocycles. The van der Waals surface area contributed by atoms with Gasteiger partial charge in [-0.2, -0.15) is 5.10 Å². The number of furan rings is 1. The van der Waals surface area contributed by atoms with Crippen LogP contribution in [-0.2, 0) is 11.3 Å². The van der Waals surface area contributed by atoms with Crippen LogP contribution in [0.25, 0.3) is 0 Å². The normalized spacial score (nSPS) is 14.3. The lowest BCUT2D eigenvalue weighted by Gasteiger charge is -2.27. The second-order valence-electron chi connectivity index (χ2n) is 6.34. The number of thiophene rings is 1. The maximum Gasteiger partial charge on any atom is 0.307 e. The Hall–Kier alpha value is -3.10. The van der Waals surface area contributed by atoms with Crippen LogP contribution < -0.4 is 15.1 Å². The molecular weight excluding hydrogens is 390 g/mol. The molecule has 1 N–H and O–H groups in total. The minimum Gasteiger partial charge on any atom is -0.486 e. The molecule has 3 aromatic rings. The van der Waals surface area contributed by atoms with Gasteiger partial charge in [0.2, 0.25) is 0 Å². The summed E-state index contributed by atoms with van der Waals surface area (Å²) < 4.78 is 16.5. The van der Waals surface area contributed by atoms with Gasteiger partial charge in [0.25, 0.3) is 0 Å². The van der Waals surface area contributed by atoms with Crippen LogP contribution in [0.15, 0.2) is 64.1 Å². The second kappa shape index (κ2) is 9.40. The van der Waals surface area contributed by atoms with E-state index in [4.69, 9.17) is 13.9 Å². The molecule has 0 unspecified atom stereocenters. The standard InChI is InChI=1S/C21H21N3O4S/c25-21(19-8-6-17(28-19)15-27-16-4-2-1-3-5-16)23-22-14-18-7-9-20(29-18)24-10-12-26-13-11-24/h1-9,14H,10-13,15H2,(H,23,25)/b22-14-. The molecule has 4 rings (SSSR count). The lowest BCUT2D eigenvalue weighted by Crippen LogP contribution is -2.35. The molecule has 0 atom stereocenters. The highest BCUT2D eigenvalue weighted by Gasteiger charge is 2.13. The number of para-hydroxylation sites is 1. The van der Waals surface area contributed by atoms with Crippen LogP contribution in [0.2, 0.25) is 0 Å². The van der Waals surface area contributed by atoms with Gasteiger partial charge in [-0.15, -0.1) is 11.3 Å². The van der Waals surface area contributed by atoms with Gasteiger partial charge >= 0.3 is 5.91 Å². The van der Waals surface area contributed by atoms with Crippen LogP contribution >= 0.6 is 11.3 Å². The summed E-state index contributed by atoms with van der Waals surface area (Å²) in [4.78, 5) is 15.4. The third-order valence-corrected chi connectivity index (χ3v) is 5.38. The van der Waals surface area contributed by atoms with E-state index < -0.39 is 5.91 Å². The Morgan fingerprint density at radius 3 is 2.79 bits per heavy atom. The molecule has 0 bridgehead atoms. The van der Waals surface area contributed by atoms with Crippen molar-refractivity contribution < 1.29 is 18.7 Å². The van der Waals surface area contributed by atoms with Crippen molar-refractivity contribution in [3.05, 3.63) is 71.0 Å². The molecule has 1 aliphatic heterocycles. The van der Waals surface area contributed by atoms with Gasteiger partial charge in [0.05, 0.1) is 24.4 Å². The largest absolute Gasteiger partial charge is 0.486 e. The molecule has 0 radical (unpaired) electrons. The summed E-state index contributed by atoms with van der Waals surface area (Å²) in [7, 11) is 0. The number of hydrogen-bond donors (Lipinski definition) is 1. The summed E-state index contributed by atoms with van der Waals surface area (Å²) in [5.41, 5.74) is 2.49. The average molecular weight is 411 g/mol. The van der Waals surface area contributed by atoms with Gasteiger partial charge in [0, 0.05) is 18.0 Å². The number of nitrogens with one attached hydrogen (secondary N) is 1. The zero-order valence-electron chi connectivity index (χ0n) is 15.7. The molecule has 1 fully saturated rings. The van der Waals surface area contributed by atoms with Crippen molar-refractivity contribution in [3.8, 4) is 5.75 Å². The van der Waals surface area contributed by atoms with Crippen molar-refractivity contribution in [2.75, 3.05) is 31.2 Å². The second-order valence-corrected chi connectivity index (χ2v) is 7.44. The molecule has 0 aliphatic carbocycles. The Kier molecular flexibility index (Phi) is 6.23. The van der Waals surface area contributed by atoms with Crippen LogP contribution in [0.1, 0.15) is 21.2 Å². The first kappa shape index (κ1) is 19.2. The fourth-order valence-electron chi connectivity index (χ4n) is 2.82. The van der Waals surface area contributed by atoms with Gasteiger partial charge in [0.15, 0.2) is 5.76 Å². The van der Waals surface area contributed by atoms with Gasteiger partial charge in [-0.3, -0.25) is 4.79 Å². The maximum atomic E-state index is 12.2. The van der Waals surface area contributed by atoms with Crippen molar-refractivity contribution in [1.82, 2.24) is 5.43 Å². The number of carbonyl (C=O) groups excluding carboxylic acids is 1. The molecule has 150 valence electrons. The number of carbonyl (C=O) groups is 1. The summed E-state index contributed by atoms with van der Waals surface area (Å²) >= 11 is 1.63. The zero-order chi connectivity index (χ0) is 19.9. The average Bonchev–Trinajstić information content (AvgIpc) is 3.44. The van der Waals surface area contributed by atoms with E-state index in [0.29, 0.717) is 5.76 Å². The number of morpholine rings is 1. The fraction of sp³-hybridized carbons (Fsp3) is 0.238. The van der Waals surface area contributed by atoms with Gasteiger partial charge in [0.1, 0.15) is 18.1 Å². The highest BCUT2D eigenvalue weighted by molar-refractivity contribution is 7.17. The maximum absolute atomic E-state index is 12.2. The first-order chi connectivity index (χ1) is 14.3. The molecule has 0 saturated carbocycles. The summed E-state index contributed by atoms with van der Waals surface area (Å²) in [5.74, 6) is 1.09. The molecule has 0 spiro atoms. The van der Waals surface area contributed by atoms with Crippen molar-refractivity contribution in [1.29, 1.82) is 0 Å². The molecule has 29 heavy (non-hydrogen) atoms. The van der Waals surface area contributed by atoms with Crippen LogP contribution in [0.3, 0.4) is 0 Å². The number of anilines is 1. The fourth-order valence-corrected chi connectivity index (χ4v) is 3.75. The Balaban J connectivity index is 1.27. The van der Waals surface area contributed by atoms with Crippen molar-refractivity contribution >= 4 is 28.5 Å². The van der Waals surface area contributed by atoms with E-state index in [1.807, 2.05) is 36.4 Å². The molecular formula is C21H21N3O4S. The number of benzene rings is 1. The third-order valence-electron chi connectivity index (χ3n) is 4.30. The van der Waals surface area contributed by atoms with E-state index in [-0.39, 0.29) is 12.4 Å². The minimum absolute atomic E-state index is 0.189. The minimum atomic E-state index is -0.405. The third kappa shape index (κ3) is 5.24. The molecule has 1 saturated heterocycles. The number of ether oxygens (including phenoxy) is 2. The van der Waals surface area contributed by atoms with E-state index in [1.54, 1.807) is 29.7 Å². The van der Waals surface area contributed by atoms with Gasteiger partial charge in [-0.25, -0.2) is 5.43 Å². The Labute approximate surface area is 172 Å². The first-order valence-corrected chi connectivity index (χ1v) is 10.1. The first-order valence-electron chi connectivity index (χ1n) is 9.30. The summed E-state index contributed by atoms with van der Waals surface area (Å²) in [6.07, 6.45) is 1.63. The summed E-state index contributed by atoms with van der Waals surface area (Å²) in [5, 5.41) is 5.21. The summed E-state index contributed by atoms with van der Waals surface area (Å²) in [6.45, 7) is 3.53. The number of nitrogens with zero attached hydrogens (tertiary/aromatic N) is 2. The highest BCUT2D eigenvalue weighted by Crippen LogP contribution is 2.25. The van der Waals surface area contributed by atoms with Crippen LogP contribution in [0.4, 0.5) is 5.00 Å². The van der Waals surface area contributed by atoms with Gasteiger partial charge < -0.3 is 18.8 Å². The molecule has 2 aromatic heterocycles. The summed E-state index contributed by atoms with van der Waals surface area (Å²) in [6, 6.07) is 16.8. The molecule has 1 aliphatic rings. The van der Waals surface area contributed by atoms with Gasteiger partial charge in [-0.1, -0.05) is 18.2 Å². The number of amides is 1. The SMILES string of the molecule is O=C(N/N=C\c1ccc(N2CCOCC2)s1)c1ccc(COc2ccccc2)o1. The van der Waals surface area contributed by atoms with Crippen LogP contribution in [-0.4, -0.2) is 38.4 Å². The van der Waals surface area contributed by atoms with Crippen molar-refractivity contribution in [2.24, 2.45) is 5.10 Å². The van der Waals surface area contributed by atoms with Crippen molar-refractivity contribution in [2.45, 2.75) is 6.61 Å². The monoisotopic (exact) mass is 411 g/mol.